The Bertz CT molecular complexity index is 633. The van der Waals surface area contributed by atoms with Gasteiger partial charge >= 0.3 is 0 Å². The molecule has 2 saturated heterocycles. The molecule has 2 heterocycles. The van der Waals surface area contributed by atoms with Crippen LogP contribution in [0.2, 0.25) is 0 Å². The number of ketones is 1. The number of aliphatic hydroxyl groups excluding tert-OH is 11. The molecule has 0 radical (unpaired) electrons. The average Bonchev–Trinajstić information content (AvgIpc) is 2.84. The monoisotopic (exact) mass is 504 g/mol. The van der Waals surface area contributed by atoms with Crippen molar-refractivity contribution < 1.29 is 79.9 Å². The first-order valence-corrected chi connectivity index (χ1v) is 10.4. The van der Waals surface area contributed by atoms with Crippen molar-refractivity contribution in [2.75, 3.05) is 26.4 Å². The van der Waals surface area contributed by atoms with Crippen molar-refractivity contribution in [3.8, 4) is 0 Å². The predicted molar refractivity (Wildman–Crippen MR) is 102 cm³/mol. The molecule has 0 unspecified atom stereocenters. The van der Waals surface area contributed by atoms with Gasteiger partial charge in [0.05, 0.1) is 26.4 Å². The number of carbonyl (C=O) groups is 1. The fourth-order valence-corrected chi connectivity index (χ4v) is 3.53. The Labute approximate surface area is 192 Å². The number of hydrogen-bond acceptors (Lipinski definition) is 16. The Kier molecular flexibility index (Phi) is 11.1. The van der Waals surface area contributed by atoms with Crippen molar-refractivity contribution in [2.24, 2.45) is 0 Å². The van der Waals surface area contributed by atoms with Crippen molar-refractivity contribution in [3.63, 3.8) is 0 Å². The van der Waals surface area contributed by atoms with Gasteiger partial charge in [0.1, 0.15) is 67.1 Å². The molecule has 16 heteroatoms. The molecule has 34 heavy (non-hydrogen) atoms. The molecule has 2 rings (SSSR count). The van der Waals surface area contributed by atoms with E-state index in [4.69, 9.17) is 29.2 Å². The number of aliphatic hydroxyl groups is 11. The van der Waals surface area contributed by atoms with Crippen LogP contribution in [0.5, 0.6) is 0 Å². The molecule has 0 aliphatic carbocycles. The lowest BCUT2D eigenvalue weighted by atomic mass is 9.96. The second-order valence-electron chi connectivity index (χ2n) is 7.91. The third-order valence-electron chi connectivity index (χ3n) is 5.56. The van der Waals surface area contributed by atoms with Crippen LogP contribution in [-0.2, 0) is 23.7 Å². The molecule has 0 aromatic carbocycles. The fraction of sp³-hybridized carbons (Fsp3) is 0.944. The second kappa shape index (κ2) is 12.9. The van der Waals surface area contributed by atoms with Crippen LogP contribution in [-0.4, -0.2) is 168 Å². The number of hydrogen-bond donors (Lipinski definition) is 11. The highest BCUT2D eigenvalue weighted by Gasteiger charge is 2.51. The van der Waals surface area contributed by atoms with Crippen molar-refractivity contribution in [1.82, 2.24) is 0 Å². The number of carbonyl (C=O) groups excluding carboxylic acids is 1. The van der Waals surface area contributed by atoms with Gasteiger partial charge in [0.25, 0.3) is 0 Å². The van der Waals surface area contributed by atoms with Crippen LogP contribution in [0.4, 0.5) is 0 Å². The summed E-state index contributed by atoms with van der Waals surface area (Å²) in [6, 6.07) is 0. The minimum absolute atomic E-state index is 0.765. The van der Waals surface area contributed by atoms with Crippen LogP contribution in [0.3, 0.4) is 0 Å². The Balaban J connectivity index is 2.17. The van der Waals surface area contributed by atoms with Gasteiger partial charge in [-0.2, -0.15) is 0 Å². The molecule has 11 N–H and O–H groups in total. The van der Waals surface area contributed by atoms with E-state index in [1.54, 1.807) is 0 Å². The number of Topliss-reactive ketones (excluding diaryl/α,β-unsaturated/α-hetero) is 1. The second-order valence-corrected chi connectivity index (χ2v) is 7.91. The maximum atomic E-state index is 12.2. The van der Waals surface area contributed by atoms with E-state index >= 15 is 0 Å². The number of rotatable bonds is 11. The van der Waals surface area contributed by atoms with Crippen LogP contribution < -0.4 is 0 Å². The van der Waals surface area contributed by atoms with Crippen molar-refractivity contribution in [1.29, 1.82) is 0 Å². The van der Waals surface area contributed by atoms with E-state index in [1.165, 1.54) is 0 Å². The zero-order valence-corrected chi connectivity index (χ0v) is 17.8. The van der Waals surface area contributed by atoms with Crippen molar-refractivity contribution >= 4 is 5.78 Å². The van der Waals surface area contributed by atoms with Crippen LogP contribution in [0.1, 0.15) is 0 Å². The van der Waals surface area contributed by atoms with Gasteiger partial charge in [-0.05, 0) is 0 Å². The Morgan fingerprint density at radius 2 is 1.29 bits per heavy atom. The molecular formula is C18H32O16. The molecule has 2 aliphatic rings. The maximum Gasteiger partial charge on any atom is 0.195 e. The molecule has 2 aliphatic heterocycles. The average molecular weight is 504 g/mol. The van der Waals surface area contributed by atoms with E-state index in [-0.39, 0.29) is 0 Å². The summed E-state index contributed by atoms with van der Waals surface area (Å²) in [6.07, 6.45) is -23.4. The largest absolute Gasteiger partial charge is 0.394 e. The van der Waals surface area contributed by atoms with Gasteiger partial charge in [-0.1, -0.05) is 0 Å². The molecule has 0 spiro atoms. The summed E-state index contributed by atoms with van der Waals surface area (Å²) in [5, 5.41) is 107. The maximum absolute atomic E-state index is 12.2. The minimum atomic E-state index is -2.02. The highest BCUT2D eigenvalue weighted by molar-refractivity contribution is 5.87. The third kappa shape index (κ3) is 6.25. The van der Waals surface area contributed by atoms with Crippen LogP contribution >= 0.6 is 0 Å². The van der Waals surface area contributed by atoms with E-state index < -0.39 is 112 Å². The molecule has 0 aromatic heterocycles. The highest BCUT2D eigenvalue weighted by Crippen LogP contribution is 2.30. The van der Waals surface area contributed by atoms with Gasteiger partial charge < -0.3 is 75.1 Å². The van der Waals surface area contributed by atoms with Gasteiger partial charge in [0.15, 0.2) is 18.4 Å². The molecule has 2 fully saturated rings. The summed E-state index contributed by atoms with van der Waals surface area (Å²) < 4.78 is 21.0. The Morgan fingerprint density at radius 3 is 1.82 bits per heavy atom. The van der Waals surface area contributed by atoms with Crippen LogP contribution in [0.15, 0.2) is 0 Å². The topological polar surface area (TPSA) is 277 Å². The molecule has 16 nitrogen and oxygen atoms in total. The van der Waals surface area contributed by atoms with Gasteiger partial charge in [-0.25, -0.2) is 0 Å². The first-order valence-electron chi connectivity index (χ1n) is 10.4. The summed E-state index contributed by atoms with van der Waals surface area (Å²) in [7, 11) is 0. The SMILES string of the molecule is O=C([C@@H](O)CO)[C@H](O[C@@H]1O[C@H](CO)[C@H](O[C@@H]2O[C@H](CO)[C@H](O)[C@H](O)[C@H]2O)[C@H](O)[C@H]1O)[C@H](O)CO. The zero-order chi connectivity index (χ0) is 25.7. The minimum Gasteiger partial charge on any atom is -0.394 e. The highest BCUT2D eigenvalue weighted by atomic mass is 16.7. The molecule has 13 atom stereocenters. The first-order chi connectivity index (χ1) is 16.0. The smallest absolute Gasteiger partial charge is 0.195 e. The van der Waals surface area contributed by atoms with Crippen molar-refractivity contribution in [2.45, 2.75) is 79.7 Å². The van der Waals surface area contributed by atoms with E-state index in [2.05, 4.69) is 0 Å². The van der Waals surface area contributed by atoms with E-state index in [1.807, 2.05) is 0 Å². The Hall–Kier alpha value is -0.930. The molecule has 200 valence electrons. The molecular weight excluding hydrogens is 472 g/mol. The summed E-state index contributed by atoms with van der Waals surface area (Å²) in [5.74, 6) is -1.27. The molecule has 0 amide bonds. The van der Waals surface area contributed by atoms with E-state index in [0.717, 1.165) is 0 Å². The summed E-state index contributed by atoms with van der Waals surface area (Å²) >= 11 is 0. The molecule has 0 bridgehead atoms. The third-order valence-corrected chi connectivity index (χ3v) is 5.56. The summed E-state index contributed by atoms with van der Waals surface area (Å²) in [6.45, 7) is -3.71. The predicted octanol–water partition coefficient (Wildman–Crippen LogP) is -7.73. The normalized spacial score (nSPS) is 41.6. The lowest BCUT2D eigenvalue weighted by Crippen LogP contribution is -2.65. The molecule has 0 saturated carbocycles. The quantitative estimate of drug-likeness (QED) is 0.125. The van der Waals surface area contributed by atoms with Gasteiger partial charge in [-0.15, -0.1) is 0 Å². The summed E-state index contributed by atoms with van der Waals surface area (Å²) in [5.41, 5.74) is 0. The van der Waals surface area contributed by atoms with Crippen LogP contribution in [0, 0.1) is 0 Å². The molecule has 0 aromatic rings. The number of ether oxygens (including phenoxy) is 4. The standard InChI is InChI=1S/C18H32O16/c19-1-5(23)9(25)15(6(24)2-20)33-18-14(30)12(28)16(8(4-22)32-18)34-17-13(29)11(27)10(26)7(3-21)31-17/h5-8,10-24,26-30H,1-4H2/t5-,6+,7+,8+,10-,11-,12+,13+,14+,15+,16-,17-,18-/m0/s1. The zero-order valence-electron chi connectivity index (χ0n) is 17.8. The van der Waals surface area contributed by atoms with Crippen molar-refractivity contribution in [3.05, 3.63) is 0 Å². The summed E-state index contributed by atoms with van der Waals surface area (Å²) in [4.78, 5) is 12.2. The van der Waals surface area contributed by atoms with Gasteiger partial charge in [0, 0.05) is 0 Å². The lowest BCUT2D eigenvalue weighted by molar-refractivity contribution is -0.363. The van der Waals surface area contributed by atoms with Gasteiger partial charge in [0.2, 0.25) is 0 Å². The Morgan fingerprint density at radius 1 is 0.735 bits per heavy atom. The van der Waals surface area contributed by atoms with E-state index in [9.17, 15) is 50.8 Å². The lowest BCUT2D eigenvalue weighted by Gasteiger charge is -2.46. The first kappa shape index (κ1) is 29.3. The fourth-order valence-electron chi connectivity index (χ4n) is 3.53. The van der Waals surface area contributed by atoms with Crippen LogP contribution in [0.25, 0.3) is 0 Å². The van der Waals surface area contributed by atoms with Gasteiger partial charge in [-0.3, -0.25) is 4.79 Å². The van der Waals surface area contributed by atoms with E-state index in [0.29, 0.717) is 0 Å².